The lowest BCUT2D eigenvalue weighted by molar-refractivity contribution is 0.199. The van der Waals surface area contributed by atoms with Crippen molar-refractivity contribution in [2.75, 3.05) is 51.8 Å². The van der Waals surface area contributed by atoms with E-state index in [0.29, 0.717) is 19.2 Å². The van der Waals surface area contributed by atoms with Crippen LogP contribution in [0.15, 0.2) is 18.2 Å². The number of nitrogens with one attached hydrogen (secondary N) is 1. The van der Waals surface area contributed by atoms with Gasteiger partial charge in [-0.05, 0) is 37.7 Å². The van der Waals surface area contributed by atoms with Crippen LogP contribution in [0, 0.1) is 5.82 Å². The molecule has 1 fully saturated rings. The summed E-state index contributed by atoms with van der Waals surface area (Å²) in [6, 6.07) is 5.61. The molecule has 4 nitrogen and oxygen atoms in total. The Morgan fingerprint density at radius 1 is 1.38 bits per heavy atom. The van der Waals surface area contributed by atoms with Crippen molar-refractivity contribution in [2.24, 2.45) is 0 Å². The van der Waals surface area contributed by atoms with Crippen LogP contribution in [-0.4, -0.2) is 57.9 Å². The third-order valence-electron chi connectivity index (χ3n) is 4.14. The zero-order valence-corrected chi connectivity index (χ0v) is 13.2. The summed E-state index contributed by atoms with van der Waals surface area (Å²) in [7, 11) is 3.83. The first-order valence-corrected chi connectivity index (χ1v) is 7.55. The highest BCUT2D eigenvalue weighted by molar-refractivity contribution is 5.54. The highest BCUT2D eigenvalue weighted by Crippen LogP contribution is 2.24. The van der Waals surface area contributed by atoms with Crippen LogP contribution in [0.4, 0.5) is 10.1 Å². The maximum Gasteiger partial charge on any atom is 0.123 e. The number of ether oxygens (including phenoxy) is 1. The van der Waals surface area contributed by atoms with Gasteiger partial charge in [-0.2, -0.15) is 0 Å². The van der Waals surface area contributed by atoms with E-state index in [2.05, 4.69) is 29.1 Å². The van der Waals surface area contributed by atoms with Crippen molar-refractivity contribution in [3.63, 3.8) is 0 Å². The van der Waals surface area contributed by atoms with E-state index in [1.54, 1.807) is 19.2 Å². The number of hydrogen-bond acceptors (Lipinski definition) is 4. The highest BCUT2D eigenvalue weighted by atomic mass is 19.1. The Morgan fingerprint density at radius 2 is 2.19 bits per heavy atom. The summed E-state index contributed by atoms with van der Waals surface area (Å²) < 4.78 is 18.6. The first-order chi connectivity index (χ1) is 10.1. The highest BCUT2D eigenvalue weighted by Gasteiger charge is 2.22. The number of nitrogens with zero attached hydrogens (tertiary/aromatic N) is 2. The number of likely N-dealkylation sites (N-methyl/N-ethyl adjacent to an activating group) is 1. The lowest BCUT2D eigenvalue weighted by Gasteiger charge is -2.39. The maximum absolute atomic E-state index is 13.5. The monoisotopic (exact) mass is 295 g/mol. The van der Waals surface area contributed by atoms with Gasteiger partial charge in [0.15, 0.2) is 0 Å². The van der Waals surface area contributed by atoms with Gasteiger partial charge in [-0.15, -0.1) is 0 Å². The summed E-state index contributed by atoms with van der Waals surface area (Å²) in [5.74, 6) is -0.176. The minimum absolute atomic E-state index is 0.176. The quantitative estimate of drug-likeness (QED) is 0.809. The number of anilines is 1. The second-order valence-corrected chi connectivity index (χ2v) is 5.72. The van der Waals surface area contributed by atoms with Gasteiger partial charge in [-0.25, -0.2) is 4.39 Å². The lowest BCUT2D eigenvalue weighted by Crippen LogP contribution is -2.50. The number of benzene rings is 1. The topological polar surface area (TPSA) is 27.7 Å². The summed E-state index contributed by atoms with van der Waals surface area (Å²) in [4.78, 5) is 4.72. The zero-order chi connectivity index (χ0) is 15.2. The number of rotatable bonds is 6. The molecule has 0 saturated carbocycles. The van der Waals surface area contributed by atoms with Gasteiger partial charge in [-0.3, -0.25) is 0 Å². The number of piperazine rings is 1. The first-order valence-electron chi connectivity index (χ1n) is 7.55. The molecule has 1 aromatic carbocycles. The normalized spacial score (nSPS) is 20.0. The third kappa shape index (κ3) is 4.40. The van der Waals surface area contributed by atoms with Gasteiger partial charge in [0.25, 0.3) is 0 Å². The minimum Gasteiger partial charge on any atom is -0.383 e. The van der Waals surface area contributed by atoms with E-state index in [0.717, 1.165) is 37.4 Å². The molecular weight excluding hydrogens is 269 g/mol. The second kappa shape index (κ2) is 7.73. The molecule has 1 unspecified atom stereocenters. The van der Waals surface area contributed by atoms with Crippen molar-refractivity contribution in [3.05, 3.63) is 29.6 Å². The average molecular weight is 295 g/mol. The maximum atomic E-state index is 13.5. The summed E-state index contributed by atoms with van der Waals surface area (Å²) >= 11 is 0. The molecule has 21 heavy (non-hydrogen) atoms. The van der Waals surface area contributed by atoms with E-state index < -0.39 is 0 Å². The van der Waals surface area contributed by atoms with E-state index in [-0.39, 0.29) is 5.82 Å². The van der Waals surface area contributed by atoms with Gasteiger partial charge >= 0.3 is 0 Å². The molecule has 1 aliphatic heterocycles. The second-order valence-electron chi connectivity index (χ2n) is 5.72. The van der Waals surface area contributed by atoms with Gasteiger partial charge in [-0.1, -0.05) is 0 Å². The SMILES string of the molecule is COCCNCc1cc(F)ccc1N1CCN(C)C(C)C1. The zero-order valence-electron chi connectivity index (χ0n) is 13.2. The summed E-state index contributed by atoms with van der Waals surface area (Å²) in [6.45, 7) is 7.32. The molecular formula is C16H26FN3O. The molecule has 5 heteroatoms. The Morgan fingerprint density at radius 3 is 2.90 bits per heavy atom. The van der Waals surface area contributed by atoms with Crippen LogP contribution in [0.5, 0.6) is 0 Å². The van der Waals surface area contributed by atoms with Crippen LogP contribution < -0.4 is 10.2 Å². The molecule has 1 aromatic rings. The van der Waals surface area contributed by atoms with Crippen molar-refractivity contribution in [1.82, 2.24) is 10.2 Å². The van der Waals surface area contributed by atoms with Crippen LogP contribution in [0.2, 0.25) is 0 Å². The van der Waals surface area contributed by atoms with Gasteiger partial charge in [0, 0.05) is 51.6 Å². The van der Waals surface area contributed by atoms with Crippen LogP contribution in [0.3, 0.4) is 0 Å². The molecule has 118 valence electrons. The Bertz CT molecular complexity index is 455. The van der Waals surface area contributed by atoms with E-state index in [1.165, 1.54) is 0 Å². The van der Waals surface area contributed by atoms with Gasteiger partial charge in [0.2, 0.25) is 0 Å². The van der Waals surface area contributed by atoms with Crippen LogP contribution in [0.25, 0.3) is 0 Å². The third-order valence-corrected chi connectivity index (χ3v) is 4.14. The molecule has 2 rings (SSSR count). The largest absolute Gasteiger partial charge is 0.383 e. The van der Waals surface area contributed by atoms with Crippen molar-refractivity contribution in [2.45, 2.75) is 19.5 Å². The Hall–Kier alpha value is -1.17. The minimum atomic E-state index is -0.176. The molecule has 0 spiro atoms. The Kier molecular flexibility index (Phi) is 5.96. The number of methoxy groups -OCH3 is 1. The molecule has 1 heterocycles. The smallest absolute Gasteiger partial charge is 0.123 e. The predicted molar refractivity (Wildman–Crippen MR) is 84.3 cm³/mol. The predicted octanol–water partition coefficient (Wildman–Crippen LogP) is 1.70. The van der Waals surface area contributed by atoms with Crippen molar-refractivity contribution < 1.29 is 9.13 Å². The fourth-order valence-corrected chi connectivity index (χ4v) is 2.67. The summed E-state index contributed by atoms with van der Waals surface area (Å²) in [5, 5.41) is 3.30. The first kappa shape index (κ1) is 16.2. The van der Waals surface area contributed by atoms with E-state index >= 15 is 0 Å². The molecule has 0 bridgehead atoms. The average Bonchev–Trinajstić information content (AvgIpc) is 2.47. The molecule has 0 aromatic heterocycles. The van der Waals surface area contributed by atoms with Gasteiger partial charge in [0.1, 0.15) is 5.82 Å². The fraction of sp³-hybridized carbons (Fsp3) is 0.625. The van der Waals surface area contributed by atoms with Crippen molar-refractivity contribution >= 4 is 5.69 Å². The molecule has 1 N–H and O–H groups in total. The van der Waals surface area contributed by atoms with E-state index in [4.69, 9.17) is 4.74 Å². The number of halogens is 1. The summed E-state index contributed by atoms with van der Waals surface area (Å²) in [6.07, 6.45) is 0. The lowest BCUT2D eigenvalue weighted by atomic mass is 10.1. The Labute approximate surface area is 126 Å². The molecule has 0 aliphatic carbocycles. The summed E-state index contributed by atoms with van der Waals surface area (Å²) in [5.41, 5.74) is 2.16. The molecule has 1 atom stereocenters. The molecule has 0 amide bonds. The van der Waals surface area contributed by atoms with Crippen molar-refractivity contribution in [1.29, 1.82) is 0 Å². The van der Waals surface area contributed by atoms with E-state index in [1.807, 2.05) is 6.07 Å². The fourth-order valence-electron chi connectivity index (χ4n) is 2.67. The van der Waals surface area contributed by atoms with Gasteiger partial charge in [0.05, 0.1) is 6.61 Å². The van der Waals surface area contributed by atoms with Crippen LogP contribution >= 0.6 is 0 Å². The number of hydrogen-bond donors (Lipinski definition) is 1. The van der Waals surface area contributed by atoms with Gasteiger partial charge < -0.3 is 19.9 Å². The Balaban J connectivity index is 2.07. The van der Waals surface area contributed by atoms with Crippen molar-refractivity contribution in [3.8, 4) is 0 Å². The van der Waals surface area contributed by atoms with E-state index in [9.17, 15) is 4.39 Å². The standard InChI is InChI=1S/C16H26FN3O/c1-13-12-20(8-7-19(13)2)16-5-4-15(17)10-14(16)11-18-6-9-21-3/h4-5,10,13,18H,6-9,11-12H2,1-3H3. The molecule has 0 radical (unpaired) electrons. The van der Waals surface area contributed by atoms with Crippen LogP contribution in [-0.2, 0) is 11.3 Å². The molecule has 1 saturated heterocycles. The molecule has 1 aliphatic rings. The van der Waals surface area contributed by atoms with Crippen LogP contribution in [0.1, 0.15) is 12.5 Å².